The molecule has 1 aliphatic heterocycles. The largest absolute Gasteiger partial charge is 0.409 e. The molecule has 0 radical (unpaired) electrons. The topological polar surface area (TPSA) is 87.7 Å². The van der Waals surface area contributed by atoms with E-state index in [1.165, 1.54) is 18.6 Å². The Hall–Kier alpha value is -0.910. The van der Waals surface area contributed by atoms with E-state index in [0.29, 0.717) is 18.2 Å². The highest BCUT2D eigenvalue weighted by Crippen LogP contribution is 2.24. The van der Waals surface area contributed by atoms with Crippen LogP contribution < -0.4 is 11.1 Å². The van der Waals surface area contributed by atoms with Crippen molar-refractivity contribution in [2.75, 3.05) is 12.3 Å². The van der Waals surface area contributed by atoms with Gasteiger partial charge in [0, 0.05) is 11.8 Å². The molecule has 18 heavy (non-hydrogen) atoms. The fourth-order valence-corrected chi connectivity index (χ4v) is 3.32. The maximum atomic E-state index is 12.0. The molecule has 4 N–H and O–H groups in total. The number of carbonyl (C=O) groups is 1. The van der Waals surface area contributed by atoms with Crippen LogP contribution in [0.25, 0.3) is 0 Å². The van der Waals surface area contributed by atoms with Gasteiger partial charge in [-0.15, -0.1) is 0 Å². The molecule has 1 rings (SSSR count). The number of amidine groups is 1. The normalized spacial score (nSPS) is 22.5. The van der Waals surface area contributed by atoms with Crippen molar-refractivity contribution in [3.05, 3.63) is 0 Å². The number of nitrogens with zero attached hydrogens (tertiary/aromatic N) is 1. The van der Waals surface area contributed by atoms with Crippen molar-refractivity contribution >= 4 is 23.5 Å². The lowest BCUT2D eigenvalue weighted by atomic mass is 10.0. The molecule has 2 atom stereocenters. The number of thioether (sulfide) groups is 1. The van der Waals surface area contributed by atoms with Crippen molar-refractivity contribution < 1.29 is 10.0 Å². The van der Waals surface area contributed by atoms with Crippen molar-refractivity contribution in [2.45, 2.75) is 44.3 Å². The molecule has 0 aromatic carbocycles. The third kappa shape index (κ3) is 4.76. The van der Waals surface area contributed by atoms with Crippen molar-refractivity contribution in [3.63, 3.8) is 0 Å². The van der Waals surface area contributed by atoms with E-state index in [2.05, 4.69) is 10.5 Å². The SMILES string of the molecule is CCCC(C(=O)NCC1CCCCS1)C(N)=NO. The second-order valence-corrected chi connectivity index (χ2v) is 6.01. The highest BCUT2D eigenvalue weighted by atomic mass is 32.2. The van der Waals surface area contributed by atoms with E-state index in [0.717, 1.165) is 12.8 Å². The average Bonchev–Trinajstić information content (AvgIpc) is 2.42. The summed E-state index contributed by atoms with van der Waals surface area (Å²) in [6, 6.07) is 0. The van der Waals surface area contributed by atoms with Gasteiger partial charge in [0.05, 0.1) is 5.92 Å². The number of oxime groups is 1. The molecule has 6 heteroatoms. The van der Waals surface area contributed by atoms with E-state index >= 15 is 0 Å². The van der Waals surface area contributed by atoms with Crippen LogP contribution in [0.2, 0.25) is 0 Å². The quantitative estimate of drug-likeness (QED) is 0.296. The molecule has 0 aromatic rings. The molecule has 0 saturated carbocycles. The Balaban J connectivity index is 2.40. The third-order valence-electron chi connectivity index (χ3n) is 3.14. The lowest BCUT2D eigenvalue weighted by Gasteiger charge is -2.22. The van der Waals surface area contributed by atoms with Gasteiger partial charge < -0.3 is 16.3 Å². The van der Waals surface area contributed by atoms with Gasteiger partial charge in [0.25, 0.3) is 0 Å². The van der Waals surface area contributed by atoms with Crippen molar-refractivity contribution in [1.29, 1.82) is 0 Å². The van der Waals surface area contributed by atoms with Crippen LogP contribution in [-0.4, -0.2) is 34.5 Å². The smallest absolute Gasteiger partial charge is 0.230 e. The van der Waals surface area contributed by atoms with Crippen LogP contribution in [0.4, 0.5) is 0 Å². The number of rotatable bonds is 6. The summed E-state index contributed by atoms with van der Waals surface area (Å²) in [5.74, 6) is 0.552. The van der Waals surface area contributed by atoms with Gasteiger partial charge >= 0.3 is 0 Å². The summed E-state index contributed by atoms with van der Waals surface area (Å²) in [6.45, 7) is 2.66. The minimum Gasteiger partial charge on any atom is -0.409 e. The Morgan fingerprint density at radius 3 is 2.94 bits per heavy atom. The van der Waals surface area contributed by atoms with E-state index in [4.69, 9.17) is 10.9 Å². The minimum atomic E-state index is -0.506. The van der Waals surface area contributed by atoms with Crippen molar-refractivity contribution in [2.24, 2.45) is 16.8 Å². The van der Waals surface area contributed by atoms with Crippen LogP contribution in [0.1, 0.15) is 39.0 Å². The number of hydrogen-bond donors (Lipinski definition) is 3. The summed E-state index contributed by atoms with van der Waals surface area (Å²) in [6.07, 6.45) is 5.11. The van der Waals surface area contributed by atoms with Crippen LogP contribution in [0.3, 0.4) is 0 Å². The molecule has 1 heterocycles. The molecule has 1 amide bonds. The summed E-state index contributed by atoms with van der Waals surface area (Å²) in [4.78, 5) is 12.0. The summed E-state index contributed by atoms with van der Waals surface area (Å²) in [7, 11) is 0. The Kier molecular flexibility index (Phi) is 6.93. The van der Waals surface area contributed by atoms with Gasteiger partial charge in [-0.2, -0.15) is 11.8 Å². The molecule has 0 aromatic heterocycles. The number of amides is 1. The van der Waals surface area contributed by atoms with E-state index < -0.39 is 5.92 Å². The van der Waals surface area contributed by atoms with Gasteiger partial charge in [-0.3, -0.25) is 4.79 Å². The molecule has 0 spiro atoms. The Morgan fingerprint density at radius 2 is 2.39 bits per heavy atom. The first kappa shape index (κ1) is 15.1. The zero-order valence-corrected chi connectivity index (χ0v) is 11.7. The van der Waals surface area contributed by atoms with Crippen LogP contribution in [0, 0.1) is 5.92 Å². The fraction of sp³-hybridized carbons (Fsp3) is 0.833. The molecule has 5 nitrogen and oxygen atoms in total. The van der Waals surface area contributed by atoms with Crippen LogP contribution in [0.15, 0.2) is 5.16 Å². The lowest BCUT2D eigenvalue weighted by Crippen LogP contribution is -2.41. The Bertz CT molecular complexity index is 291. The number of carbonyl (C=O) groups excluding carboxylic acids is 1. The predicted molar refractivity (Wildman–Crippen MR) is 74.9 cm³/mol. The lowest BCUT2D eigenvalue weighted by molar-refractivity contribution is -0.123. The van der Waals surface area contributed by atoms with Crippen LogP contribution in [-0.2, 0) is 4.79 Å². The number of hydrogen-bond acceptors (Lipinski definition) is 4. The maximum absolute atomic E-state index is 12.0. The first-order valence-corrected chi connectivity index (χ1v) is 7.60. The first-order chi connectivity index (χ1) is 8.69. The molecule has 1 fully saturated rings. The molecule has 2 unspecified atom stereocenters. The summed E-state index contributed by atoms with van der Waals surface area (Å²) in [5, 5.41) is 15.1. The molecule has 1 aliphatic rings. The Morgan fingerprint density at radius 1 is 1.61 bits per heavy atom. The number of nitrogens with one attached hydrogen (secondary N) is 1. The molecular weight excluding hydrogens is 250 g/mol. The van der Waals surface area contributed by atoms with Gasteiger partial charge in [0.1, 0.15) is 0 Å². The fourth-order valence-electron chi connectivity index (χ4n) is 2.08. The highest BCUT2D eigenvalue weighted by molar-refractivity contribution is 7.99. The van der Waals surface area contributed by atoms with Crippen LogP contribution in [0.5, 0.6) is 0 Å². The number of nitrogens with two attached hydrogens (primary N) is 1. The first-order valence-electron chi connectivity index (χ1n) is 6.55. The van der Waals surface area contributed by atoms with E-state index in [1.807, 2.05) is 18.7 Å². The third-order valence-corrected chi connectivity index (χ3v) is 4.54. The molecular formula is C12H23N3O2S. The summed E-state index contributed by atoms with van der Waals surface area (Å²) in [5.41, 5.74) is 5.55. The molecule has 0 bridgehead atoms. The second kappa shape index (κ2) is 8.24. The molecule has 1 saturated heterocycles. The monoisotopic (exact) mass is 273 g/mol. The maximum Gasteiger partial charge on any atom is 0.230 e. The predicted octanol–water partition coefficient (Wildman–Crippen LogP) is 1.55. The highest BCUT2D eigenvalue weighted by Gasteiger charge is 2.23. The van der Waals surface area contributed by atoms with E-state index in [9.17, 15) is 4.79 Å². The summed E-state index contributed by atoms with van der Waals surface area (Å²) >= 11 is 1.92. The van der Waals surface area contributed by atoms with Gasteiger partial charge in [0.15, 0.2) is 5.84 Å². The second-order valence-electron chi connectivity index (χ2n) is 4.60. The minimum absolute atomic E-state index is 0.00523. The average molecular weight is 273 g/mol. The zero-order valence-electron chi connectivity index (χ0n) is 10.9. The van der Waals surface area contributed by atoms with Gasteiger partial charge in [0.2, 0.25) is 5.91 Å². The van der Waals surface area contributed by atoms with E-state index in [-0.39, 0.29) is 11.7 Å². The molecule has 0 aliphatic carbocycles. The zero-order chi connectivity index (χ0) is 13.4. The molecule has 104 valence electrons. The summed E-state index contributed by atoms with van der Waals surface area (Å²) < 4.78 is 0. The standard InChI is InChI=1S/C12H23N3O2S/c1-2-5-10(11(13)15-17)12(16)14-8-9-6-3-4-7-18-9/h9-10,17H,2-8H2,1H3,(H2,13,15)(H,14,16). The van der Waals surface area contributed by atoms with E-state index in [1.54, 1.807) is 0 Å². The van der Waals surface area contributed by atoms with Crippen molar-refractivity contribution in [3.8, 4) is 0 Å². The van der Waals surface area contributed by atoms with Gasteiger partial charge in [-0.25, -0.2) is 0 Å². The Labute approximate surface area is 113 Å². The van der Waals surface area contributed by atoms with Gasteiger partial charge in [-0.1, -0.05) is 24.9 Å². The van der Waals surface area contributed by atoms with Crippen LogP contribution >= 0.6 is 11.8 Å². The van der Waals surface area contributed by atoms with Gasteiger partial charge in [-0.05, 0) is 25.0 Å². The van der Waals surface area contributed by atoms with Crippen molar-refractivity contribution in [1.82, 2.24) is 5.32 Å².